The maximum Gasteiger partial charge on any atom is 0.130 e. The van der Waals surface area contributed by atoms with Crippen LogP contribution >= 0.6 is 0 Å². The van der Waals surface area contributed by atoms with E-state index in [1.807, 2.05) is 31.2 Å². The molecule has 2 aromatic carbocycles. The first-order chi connectivity index (χ1) is 9.60. The van der Waals surface area contributed by atoms with E-state index in [2.05, 4.69) is 6.92 Å². The molecule has 2 aromatic rings. The van der Waals surface area contributed by atoms with Gasteiger partial charge in [0.15, 0.2) is 0 Å². The molecule has 2 nitrogen and oxygen atoms in total. The summed E-state index contributed by atoms with van der Waals surface area (Å²) >= 11 is 0. The van der Waals surface area contributed by atoms with Gasteiger partial charge in [-0.2, -0.15) is 0 Å². The quantitative estimate of drug-likeness (QED) is 0.885. The molecule has 106 valence electrons. The molecule has 20 heavy (non-hydrogen) atoms. The molecular formula is C17H20FNO. The second-order valence-corrected chi connectivity index (χ2v) is 4.99. The van der Waals surface area contributed by atoms with Gasteiger partial charge in [0.1, 0.15) is 17.3 Å². The second kappa shape index (κ2) is 6.53. The molecule has 2 rings (SSSR count). The van der Waals surface area contributed by atoms with E-state index in [0.29, 0.717) is 5.75 Å². The number of hydrogen-bond acceptors (Lipinski definition) is 2. The first kappa shape index (κ1) is 14.5. The summed E-state index contributed by atoms with van der Waals surface area (Å²) in [6.07, 6.45) is 1.69. The molecule has 0 bridgehead atoms. The Kier molecular flexibility index (Phi) is 4.74. The van der Waals surface area contributed by atoms with Gasteiger partial charge in [0.25, 0.3) is 0 Å². The maximum absolute atomic E-state index is 13.1. The van der Waals surface area contributed by atoms with Crippen LogP contribution in [0.1, 0.15) is 24.5 Å². The molecule has 0 aliphatic carbocycles. The van der Waals surface area contributed by atoms with Gasteiger partial charge in [-0.3, -0.25) is 0 Å². The zero-order valence-corrected chi connectivity index (χ0v) is 11.9. The maximum atomic E-state index is 13.1. The lowest BCUT2D eigenvalue weighted by atomic mass is 10.0. The number of hydrogen-bond donors (Lipinski definition) is 1. The van der Waals surface area contributed by atoms with Crippen molar-refractivity contribution in [1.29, 1.82) is 0 Å². The molecule has 0 aliphatic rings. The number of rotatable bonds is 5. The Morgan fingerprint density at radius 3 is 2.60 bits per heavy atom. The van der Waals surface area contributed by atoms with Crippen molar-refractivity contribution in [1.82, 2.24) is 0 Å². The van der Waals surface area contributed by atoms with Crippen molar-refractivity contribution in [2.75, 3.05) is 0 Å². The SMILES string of the molecule is CCC(N)Cc1ccccc1Oc1ccc(F)cc1C. The number of benzene rings is 2. The van der Waals surface area contributed by atoms with Crippen LogP contribution in [0.3, 0.4) is 0 Å². The molecule has 2 N–H and O–H groups in total. The third-order valence-corrected chi connectivity index (χ3v) is 3.34. The van der Waals surface area contributed by atoms with Gasteiger partial charge in [0.2, 0.25) is 0 Å². The largest absolute Gasteiger partial charge is 0.457 e. The summed E-state index contributed by atoms with van der Waals surface area (Å²) in [6, 6.07) is 12.5. The highest BCUT2D eigenvalue weighted by atomic mass is 19.1. The van der Waals surface area contributed by atoms with Crippen LogP contribution in [-0.4, -0.2) is 6.04 Å². The van der Waals surface area contributed by atoms with Crippen LogP contribution in [0, 0.1) is 12.7 Å². The van der Waals surface area contributed by atoms with Crippen molar-refractivity contribution in [3.05, 3.63) is 59.4 Å². The summed E-state index contributed by atoms with van der Waals surface area (Å²) in [5, 5.41) is 0. The van der Waals surface area contributed by atoms with Crippen LogP contribution in [0.2, 0.25) is 0 Å². The predicted octanol–water partition coefficient (Wildman–Crippen LogP) is 4.21. The third kappa shape index (κ3) is 3.58. The zero-order chi connectivity index (χ0) is 14.5. The van der Waals surface area contributed by atoms with Gasteiger partial charge in [0.05, 0.1) is 0 Å². The van der Waals surface area contributed by atoms with Gasteiger partial charge in [-0.25, -0.2) is 4.39 Å². The van der Waals surface area contributed by atoms with Crippen LogP contribution < -0.4 is 10.5 Å². The van der Waals surface area contributed by atoms with Gasteiger partial charge in [-0.05, 0) is 55.2 Å². The minimum absolute atomic E-state index is 0.120. The lowest BCUT2D eigenvalue weighted by Crippen LogP contribution is -2.21. The molecule has 0 spiro atoms. The van der Waals surface area contributed by atoms with E-state index in [1.54, 1.807) is 6.07 Å². The van der Waals surface area contributed by atoms with Crippen molar-refractivity contribution >= 4 is 0 Å². The molecule has 0 saturated carbocycles. The van der Waals surface area contributed by atoms with Crippen LogP contribution in [0.5, 0.6) is 11.5 Å². The summed E-state index contributed by atoms with van der Waals surface area (Å²) in [5.41, 5.74) is 7.86. The van der Waals surface area contributed by atoms with Gasteiger partial charge >= 0.3 is 0 Å². The van der Waals surface area contributed by atoms with E-state index in [4.69, 9.17) is 10.5 Å². The fourth-order valence-corrected chi connectivity index (χ4v) is 2.04. The van der Waals surface area contributed by atoms with Gasteiger partial charge in [-0.15, -0.1) is 0 Å². The summed E-state index contributed by atoms with van der Waals surface area (Å²) in [7, 11) is 0. The topological polar surface area (TPSA) is 35.2 Å². The number of ether oxygens (including phenoxy) is 1. The molecule has 0 aromatic heterocycles. The number of nitrogens with two attached hydrogens (primary N) is 1. The van der Waals surface area contributed by atoms with Crippen LogP contribution in [0.25, 0.3) is 0 Å². The Morgan fingerprint density at radius 1 is 1.15 bits per heavy atom. The minimum atomic E-state index is -0.254. The van der Waals surface area contributed by atoms with Gasteiger partial charge < -0.3 is 10.5 Å². The molecule has 0 radical (unpaired) electrons. The summed E-state index contributed by atoms with van der Waals surface area (Å²) in [5.74, 6) is 1.20. The van der Waals surface area contributed by atoms with E-state index in [1.165, 1.54) is 12.1 Å². The molecular weight excluding hydrogens is 253 g/mol. The highest BCUT2D eigenvalue weighted by Crippen LogP contribution is 2.29. The Morgan fingerprint density at radius 2 is 1.90 bits per heavy atom. The molecule has 1 atom stereocenters. The Balaban J connectivity index is 2.24. The molecule has 0 amide bonds. The molecule has 0 heterocycles. The van der Waals surface area contributed by atoms with Crippen LogP contribution in [0.4, 0.5) is 4.39 Å². The Labute approximate surface area is 119 Å². The summed E-state index contributed by atoms with van der Waals surface area (Å²) in [6.45, 7) is 3.90. The fraction of sp³-hybridized carbons (Fsp3) is 0.294. The molecule has 0 aliphatic heterocycles. The first-order valence-electron chi connectivity index (χ1n) is 6.87. The van der Waals surface area contributed by atoms with Crippen LogP contribution in [-0.2, 0) is 6.42 Å². The highest BCUT2D eigenvalue weighted by molar-refractivity contribution is 5.41. The van der Waals surface area contributed by atoms with E-state index in [0.717, 1.165) is 29.7 Å². The lowest BCUT2D eigenvalue weighted by Gasteiger charge is -2.15. The van der Waals surface area contributed by atoms with E-state index >= 15 is 0 Å². The first-order valence-corrected chi connectivity index (χ1v) is 6.87. The Bertz CT molecular complexity index is 583. The summed E-state index contributed by atoms with van der Waals surface area (Å²) in [4.78, 5) is 0. The second-order valence-electron chi connectivity index (χ2n) is 4.99. The average molecular weight is 273 g/mol. The normalized spacial score (nSPS) is 12.2. The minimum Gasteiger partial charge on any atom is -0.457 e. The lowest BCUT2D eigenvalue weighted by molar-refractivity contribution is 0.466. The predicted molar refractivity (Wildman–Crippen MR) is 79.6 cm³/mol. The van der Waals surface area contributed by atoms with E-state index in [9.17, 15) is 4.39 Å². The number of aryl methyl sites for hydroxylation is 1. The highest BCUT2D eigenvalue weighted by Gasteiger charge is 2.09. The fourth-order valence-electron chi connectivity index (χ4n) is 2.04. The van der Waals surface area contributed by atoms with Crippen molar-refractivity contribution in [3.63, 3.8) is 0 Å². The monoisotopic (exact) mass is 273 g/mol. The van der Waals surface area contributed by atoms with Crippen molar-refractivity contribution in [2.24, 2.45) is 5.73 Å². The van der Waals surface area contributed by atoms with Crippen molar-refractivity contribution in [3.8, 4) is 11.5 Å². The van der Waals surface area contributed by atoms with Gasteiger partial charge in [0, 0.05) is 6.04 Å². The summed E-state index contributed by atoms with van der Waals surface area (Å²) < 4.78 is 19.0. The zero-order valence-electron chi connectivity index (χ0n) is 11.9. The number of para-hydroxylation sites is 1. The standard InChI is InChI=1S/C17H20FNO/c1-3-15(19)11-13-6-4-5-7-17(13)20-16-9-8-14(18)10-12(16)2/h4-10,15H,3,11,19H2,1-2H3. The van der Waals surface area contributed by atoms with Gasteiger partial charge in [-0.1, -0.05) is 25.1 Å². The Hall–Kier alpha value is -1.87. The van der Waals surface area contributed by atoms with E-state index < -0.39 is 0 Å². The van der Waals surface area contributed by atoms with Crippen molar-refractivity contribution < 1.29 is 9.13 Å². The van der Waals surface area contributed by atoms with Crippen LogP contribution in [0.15, 0.2) is 42.5 Å². The average Bonchev–Trinajstić information content (AvgIpc) is 2.43. The smallest absolute Gasteiger partial charge is 0.130 e. The van der Waals surface area contributed by atoms with E-state index in [-0.39, 0.29) is 11.9 Å². The molecule has 3 heteroatoms. The van der Waals surface area contributed by atoms with Crippen molar-refractivity contribution in [2.45, 2.75) is 32.7 Å². The molecule has 1 unspecified atom stereocenters. The number of halogens is 1. The third-order valence-electron chi connectivity index (χ3n) is 3.34. The molecule has 0 saturated heterocycles. The molecule has 0 fully saturated rings.